The minimum Gasteiger partial charge on any atom is -0.361 e. The van der Waals surface area contributed by atoms with Gasteiger partial charge in [0.05, 0.1) is 27.2 Å². The van der Waals surface area contributed by atoms with E-state index >= 15 is 0 Å². The molecule has 1 atom stereocenters. The number of alkyl halides is 6. The van der Waals surface area contributed by atoms with Gasteiger partial charge >= 0.3 is 12.4 Å². The molecule has 0 aliphatic rings. The summed E-state index contributed by atoms with van der Waals surface area (Å²) in [6, 6.07) is 6.26. The first-order valence-corrected chi connectivity index (χ1v) is 11.2. The van der Waals surface area contributed by atoms with E-state index in [1.807, 2.05) is 0 Å². The topological polar surface area (TPSA) is 54.9 Å². The third kappa shape index (κ3) is 7.12. The van der Waals surface area contributed by atoms with Crippen LogP contribution in [0.25, 0.3) is 5.83 Å². The smallest absolute Gasteiger partial charge is 0.361 e. The van der Waals surface area contributed by atoms with Crippen molar-refractivity contribution in [2.45, 2.75) is 18.3 Å². The third-order valence-electron chi connectivity index (χ3n) is 4.93. The molecule has 3 rings (SSSR count). The van der Waals surface area contributed by atoms with Crippen molar-refractivity contribution in [2.24, 2.45) is 0 Å². The first kappa shape index (κ1) is 28.7. The van der Waals surface area contributed by atoms with Crippen molar-refractivity contribution in [3.05, 3.63) is 92.1 Å². The lowest BCUT2D eigenvalue weighted by Gasteiger charge is -2.19. The number of rotatable bonds is 7. The number of carbonyl (C=O) groups excluding carboxylic acids is 1. The van der Waals surface area contributed by atoms with Crippen LogP contribution in [-0.2, 0) is 6.18 Å². The van der Waals surface area contributed by atoms with Gasteiger partial charge in [0, 0.05) is 17.3 Å². The zero-order chi connectivity index (χ0) is 27.5. The summed E-state index contributed by atoms with van der Waals surface area (Å²) in [5, 5.41) is 8.80. The molecule has 0 saturated heterocycles. The second-order valence-electron chi connectivity index (χ2n) is 7.48. The van der Waals surface area contributed by atoms with Crippen LogP contribution >= 0.6 is 34.8 Å². The molecule has 4 nitrogen and oxygen atoms in total. The van der Waals surface area contributed by atoms with Gasteiger partial charge in [-0.25, -0.2) is 4.39 Å². The lowest BCUT2D eigenvalue weighted by Crippen LogP contribution is -2.20. The van der Waals surface area contributed by atoms with Gasteiger partial charge in [0.2, 0.25) is 0 Å². The Morgan fingerprint density at radius 1 is 1.00 bits per heavy atom. The lowest BCUT2D eigenvalue weighted by atomic mass is 9.95. The molecule has 0 spiro atoms. The normalized spacial score (nSPS) is 13.4. The second-order valence-corrected chi connectivity index (χ2v) is 8.67. The first-order chi connectivity index (χ1) is 17.2. The molecule has 1 aromatic heterocycles. The molecule has 0 fully saturated rings. The van der Waals surface area contributed by atoms with Gasteiger partial charge in [-0.2, -0.15) is 31.4 Å². The Hall–Kier alpha value is -2.89. The van der Waals surface area contributed by atoms with E-state index in [0.717, 1.165) is 18.2 Å². The maximum Gasteiger partial charge on any atom is 0.417 e. The molecular formula is C23H13Cl3F7N3O. The molecule has 0 radical (unpaired) electrons. The molecule has 196 valence electrons. The zero-order valence-corrected chi connectivity index (χ0v) is 20.3. The standard InChI is InChI=1S/C23H13Cl3F7N3O/c24-16-7-12(8-17(25)21(16)26)14(22(28,29)30)9-18(27)11-3-4-13(15(6-11)23(31,32)33)19(37)10-34-20-2-1-5-35-36-20/h1-9,14H,10H2,(H,34,36)/b18-9-. The highest BCUT2D eigenvalue weighted by molar-refractivity contribution is 6.48. The molecule has 0 aliphatic heterocycles. The predicted molar refractivity (Wildman–Crippen MR) is 126 cm³/mol. The molecular weight excluding hydrogens is 574 g/mol. The SMILES string of the molecule is O=C(CNc1cccnn1)c1ccc(/C(F)=C/C(c2cc(Cl)c(Cl)c(Cl)c2)C(F)(F)F)cc1C(F)(F)F. The number of allylic oxidation sites excluding steroid dienone is 1. The highest BCUT2D eigenvalue weighted by atomic mass is 35.5. The summed E-state index contributed by atoms with van der Waals surface area (Å²) >= 11 is 17.3. The number of nitrogens with zero attached hydrogens (tertiary/aromatic N) is 2. The van der Waals surface area contributed by atoms with Crippen molar-refractivity contribution >= 4 is 52.2 Å². The van der Waals surface area contributed by atoms with Gasteiger partial charge < -0.3 is 5.32 Å². The van der Waals surface area contributed by atoms with Crippen LogP contribution in [0.15, 0.2) is 54.7 Å². The van der Waals surface area contributed by atoms with Gasteiger partial charge in [-0.1, -0.05) is 46.9 Å². The van der Waals surface area contributed by atoms with E-state index in [2.05, 4.69) is 15.5 Å². The number of ketones is 1. The molecule has 0 amide bonds. The number of benzene rings is 2. The maximum absolute atomic E-state index is 14.9. The maximum atomic E-state index is 14.9. The largest absolute Gasteiger partial charge is 0.417 e. The van der Waals surface area contributed by atoms with Crippen LogP contribution in [0.2, 0.25) is 15.1 Å². The fourth-order valence-electron chi connectivity index (χ4n) is 3.21. The Morgan fingerprint density at radius 2 is 1.65 bits per heavy atom. The molecule has 1 N–H and O–H groups in total. The van der Waals surface area contributed by atoms with Crippen LogP contribution in [0.1, 0.15) is 33.0 Å². The number of Topliss-reactive ketones (excluding diaryl/α,β-unsaturated/α-hetero) is 1. The monoisotopic (exact) mass is 585 g/mol. The summed E-state index contributed by atoms with van der Waals surface area (Å²) in [5.41, 5.74) is -3.75. The number of halogens is 10. The number of hydrogen-bond acceptors (Lipinski definition) is 4. The summed E-state index contributed by atoms with van der Waals surface area (Å²) in [5.74, 6) is -5.14. The Balaban J connectivity index is 1.99. The van der Waals surface area contributed by atoms with Crippen LogP contribution < -0.4 is 5.32 Å². The summed E-state index contributed by atoms with van der Waals surface area (Å²) in [4.78, 5) is 12.4. The van der Waals surface area contributed by atoms with E-state index in [9.17, 15) is 35.5 Å². The van der Waals surface area contributed by atoms with Crippen molar-refractivity contribution in [1.29, 1.82) is 0 Å². The van der Waals surface area contributed by atoms with E-state index in [1.165, 1.54) is 18.3 Å². The number of carbonyl (C=O) groups is 1. The average Bonchev–Trinajstić information content (AvgIpc) is 2.83. The summed E-state index contributed by atoms with van der Waals surface area (Å²) in [6.07, 6.45) is -8.75. The Kier molecular flexibility index (Phi) is 8.71. The van der Waals surface area contributed by atoms with Gasteiger partial charge in [0.25, 0.3) is 0 Å². The second kappa shape index (κ2) is 11.2. The van der Waals surface area contributed by atoms with Crippen LogP contribution in [0.5, 0.6) is 0 Å². The molecule has 37 heavy (non-hydrogen) atoms. The summed E-state index contributed by atoms with van der Waals surface area (Å²) < 4.78 is 97.3. The fraction of sp³-hybridized carbons (Fsp3) is 0.174. The third-order valence-corrected chi connectivity index (χ3v) is 6.13. The van der Waals surface area contributed by atoms with E-state index in [4.69, 9.17) is 34.8 Å². The molecule has 0 saturated carbocycles. The number of aromatic nitrogens is 2. The molecule has 2 aromatic carbocycles. The van der Waals surface area contributed by atoms with Gasteiger partial charge in [0.15, 0.2) is 5.78 Å². The predicted octanol–water partition coefficient (Wildman–Crippen LogP) is 8.41. The van der Waals surface area contributed by atoms with Crippen molar-refractivity contribution in [1.82, 2.24) is 10.2 Å². The molecule has 0 bridgehead atoms. The summed E-state index contributed by atoms with van der Waals surface area (Å²) in [7, 11) is 0. The van der Waals surface area contributed by atoms with Crippen LogP contribution in [0.3, 0.4) is 0 Å². The van der Waals surface area contributed by atoms with Crippen LogP contribution in [0, 0.1) is 0 Å². The van der Waals surface area contributed by atoms with E-state index in [1.54, 1.807) is 0 Å². The van der Waals surface area contributed by atoms with Crippen molar-refractivity contribution in [3.63, 3.8) is 0 Å². The first-order valence-electron chi connectivity index (χ1n) is 10.0. The molecule has 1 unspecified atom stereocenters. The quantitative estimate of drug-likeness (QED) is 0.172. The van der Waals surface area contributed by atoms with Gasteiger partial charge in [-0.3, -0.25) is 4.79 Å². The zero-order valence-electron chi connectivity index (χ0n) is 18.1. The van der Waals surface area contributed by atoms with Crippen LogP contribution in [0.4, 0.5) is 36.6 Å². The van der Waals surface area contributed by atoms with Crippen molar-refractivity contribution < 1.29 is 35.5 Å². The Labute approximate surface area is 220 Å². The molecule has 14 heteroatoms. The summed E-state index contributed by atoms with van der Waals surface area (Å²) in [6.45, 7) is -0.603. The Morgan fingerprint density at radius 3 is 2.19 bits per heavy atom. The molecule has 1 heterocycles. The van der Waals surface area contributed by atoms with Crippen LogP contribution in [-0.4, -0.2) is 28.7 Å². The number of nitrogens with one attached hydrogen (secondary N) is 1. The van der Waals surface area contributed by atoms with Gasteiger partial charge in [-0.05, 0) is 42.0 Å². The minimum absolute atomic E-state index is 0.0858. The minimum atomic E-state index is -5.12. The number of anilines is 1. The van der Waals surface area contributed by atoms with E-state index < -0.39 is 58.7 Å². The highest BCUT2D eigenvalue weighted by Crippen LogP contribution is 2.42. The van der Waals surface area contributed by atoms with Gasteiger partial charge in [0.1, 0.15) is 17.6 Å². The van der Waals surface area contributed by atoms with Crippen molar-refractivity contribution in [2.75, 3.05) is 11.9 Å². The molecule has 0 aliphatic carbocycles. The Bertz CT molecular complexity index is 1310. The highest BCUT2D eigenvalue weighted by Gasteiger charge is 2.41. The van der Waals surface area contributed by atoms with Crippen molar-refractivity contribution in [3.8, 4) is 0 Å². The van der Waals surface area contributed by atoms with E-state index in [-0.39, 0.29) is 33.0 Å². The molecule has 3 aromatic rings. The number of hydrogen-bond donors (Lipinski definition) is 1. The van der Waals surface area contributed by atoms with Gasteiger partial charge in [-0.15, -0.1) is 5.10 Å². The van der Waals surface area contributed by atoms with E-state index in [0.29, 0.717) is 6.07 Å². The average molecular weight is 587 g/mol. The lowest BCUT2D eigenvalue weighted by molar-refractivity contribution is -0.140. The fourth-order valence-corrected chi connectivity index (χ4v) is 3.82.